The summed E-state index contributed by atoms with van der Waals surface area (Å²) in [6.45, 7) is 2.38. The molecule has 2 aliphatic rings. The van der Waals surface area contributed by atoms with Crippen LogP contribution in [0, 0.1) is 5.92 Å². The van der Waals surface area contributed by atoms with Gasteiger partial charge in [-0.1, -0.05) is 46.9 Å². The molecule has 1 saturated heterocycles. The van der Waals surface area contributed by atoms with Gasteiger partial charge in [0.2, 0.25) is 5.91 Å². The van der Waals surface area contributed by atoms with Crippen LogP contribution in [0.1, 0.15) is 24.0 Å². The highest BCUT2D eigenvalue weighted by atomic mass is 35.5. The molecule has 194 valence electrons. The lowest BCUT2D eigenvalue weighted by atomic mass is 9.96. The van der Waals surface area contributed by atoms with Crippen LogP contribution in [0.25, 0.3) is 0 Å². The lowest BCUT2D eigenvalue weighted by Crippen LogP contribution is -2.40. The molecule has 0 saturated carbocycles. The van der Waals surface area contributed by atoms with Crippen molar-refractivity contribution in [2.24, 2.45) is 5.92 Å². The first-order valence-electron chi connectivity index (χ1n) is 12.1. The Morgan fingerprint density at radius 3 is 2.43 bits per heavy atom. The molecule has 1 fully saturated rings. The van der Waals surface area contributed by atoms with E-state index in [2.05, 4.69) is 10.2 Å². The standard InChI is InChI=1S/C27H26Cl3N3O3S/c28-20-7-10-22(11-8-20)37(35,36)33-14-12-18-6-9-21(15-26(18)33)31-27(34)19-3-2-13-32(16-19)17-23-24(29)4-1-5-25(23)30/h1,4-11,15,19H,2-3,12-14,16-17H2,(H,31,34)/t19-/m0/s1. The van der Waals surface area contributed by atoms with Crippen LogP contribution in [0.4, 0.5) is 11.4 Å². The minimum atomic E-state index is -3.74. The van der Waals surface area contributed by atoms with Crippen molar-refractivity contribution in [1.82, 2.24) is 4.90 Å². The van der Waals surface area contributed by atoms with Crippen LogP contribution in [0.3, 0.4) is 0 Å². The van der Waals surface area contributed by atoms with E-state index in [0.717, 1.165) is 30.5 Å². The first-order valence-corrected chi connectivity index (χ1v) is 14.7. The lowest BCUT2D eigenvalue weighted by Gasteiger charge is -2.32. The van der Waals surface area contributed by atoms with E-state index in [-0.39, 0.29) is 16.7 Å². The smallest absolute Gasteiger partial charge is 0.264 e. The Bertz CT molecular complexity index is 1410. The summed E-state index contributed by atoms with van der Waals surface area (Å²) in [5, 5.41) is 4.73. The molecule has 6 nitrogen and oxygen atoms in total. The molecule has 3 aromatic carbocycles. The fourth-order valence-corrected chi connectivity index (χ4v) is 7.11. The van der Waals surface area contributed by atoms with Crippen molar-refractivity contribution in [3.8, 4) is 0 Å². The molecule has 1 N–H and O–H groups in total. The minimum absolute atomic E-state index is 0.0833. The van der Waals surface area contributed by atoms with Crippen molar-refractivity contribution in [3.63, 3.8) is 0 Å². The number of amides is 1. The fraction of sp³-hybridized carbons (Fsp3) is 0.296. The SMILES string of the molecule is O=C(Nc1ccc2c(c1)N(S(=O)(=O)c1ccc(Cl)cc1)CC2)[C@H]1CCCN(Cc2c(Cl)cccc2Cl)C1. The zero-order valence-electron chi connectivity index (χ0n) is 20.0. The second-order valence-corrected chi connectivity index (χ2v) is 12.5. The fourth-order valence-electron chi connectivity index (χ4n) is 4.98. The molecule has 0 bridgehead atoms. The molecule has 2 aliphatic heterocycles. The summed E-state index contributed by atoms with van der Waals surface area (Å²) in [5.74, 6) is -0.280. The maximum atomic E-state index is 13.3. The van der Waals surface area contributed by atoms with E-state index in [9.17, 15) is 13.2 Å². The normalized spacial score (nSPS) is 18.0. The van der Waals surface area contributed by atoms with E-state index in [1.165, 1.54) is 16.4 Å². The molecule has 1 amide bonds. The highest BCUT2D eigenvalue weighted by Crippen LogP contribution is 2.36. The van der Waals surface area contributed by atoms with Gasteiger partial charge in [0.1, 0.15) is 0 Å². The second kappa shape index (κ2) is 10.8. The maximum absolute atomic E-state index is 13.3. The van der Waals surface area contributed by atoms with Crippen molar-refractivity contribution in [1.29, 1.82) is 0 Å². The first kappa shape index (κ1) is 26.3. The molecule has 0 radical (unpaired) electrons. The van der Waals surface area contributed by atoms with E-state index in [0.29, 0.717) is 52.5 Å². The van der Waals surface area contributed by atoms with Crippen LogP contribution in [0.5, 0.6) is 0 Å². The third kappa shape index (κ3) is 5.61. The Balaban J connectivity index is 1.29. The Kier molecular flexibility index (Phi) is 7.70. The van der Waals surface area contributed by atoms with Gasteiger partial charge in [0, 0.05) is 46.0 Å². The summed E-state index contributed by atoms with van der Waals surface area (Å²) in [6.07, 6.45) is 2.27. The van der Waals surface area contributed by atoms with Gasteiger partial charge in [0.05, 0.1) is 16.5 Å². The number of likely N-dealkylation sites (tertiary alicyclic amines) is 1. The molecule has 0 aromatic heterocycles. The molecule has 2 heterocycles. The van der Waals surface area contributed by atoms with E-state index in [1.54, 1.807) is 18.2 Å². The minimum Gasteiger partial charge on any atom is -0.326 e. The third-order valence-corrected chi connectivity index (χ3v) is 9.71. The number of anilines is 2. The first-order chi connectivity index (χ1) is 17.7. The summed E-state index contributed by atoms with van der Waals surface area (Å²) in [6, 6.07) is 17.1. The number of piperidine rings is 1. The van der Waals surface area contributed by atoms with Gasteiger partial charge < -0.3 is 5.32 Å². The number of sulfonamides is 1. The van der Waals surface area contributed by atoms with Crippen LogP contribution >= 0.6 is 34.8 Å². The molecule has 37 heavy (non-hydrogen) atoms. The molecule has 0 spiro atoms. The van der Waals surface area contributed by atoms with Crippen molar-refractivity contribution < 1.29 is 13.2 Å². The van der Waals surface area contributed by atoms with Gasteiger partial charge in [0.15, 0.2) is 0 Å². The number of hydrogen-bond donors (Lipinski definition) is 1. The van der Waals surface area contributed by atoms with Gasteiger partial charge in [-0.05, 0) is 79.9 Å². The maximum Gasteiger partial charge on any atom is 0.264 e. The Hall–Kier alpha value is -2.29. The number of carbonyl (C=O) groups is 1. The van der Waals surface area contributed by atoms with E-state index in [1.807, 2.05) is 30.3 Å². The van der Waals surface area contributed by atoms with E-state index >= 15 is 0 Å². The number of benzene rings is 3. The number of rotatable bonds is 6. The third-order valence-electron chi connectivity index (χ3n) is 6.93. The van der Waals surface area contributed by atoms with Gasteiger partial charge in [-0.25, -0.2) is 8.42 Å². The van der Waals surface area contributed by atoms with Gasteiger partial charge in [-0.3, -0.25) is 14.0 Å². The number of carbonyl (C=O) groups excluding carboxylic acids is 1. The van der Waals surface area contributed by atoms with Crippen molar-refractivity contribution >= 4 is 62.1 Å². The van der Waals surface area contributed by atoms with Crippen molar-refractivity contribution in [2.75, 3.05) is 29.3 Å². The molecule has 1 atom stereocenters. The van der Waals surface area contributed by atoms with Crippen LogP contribution in [0.15, 0.2) is 65.6 Å². The van der Waals surface area contributed by atoms with Gasteiger partial charge in [-0.15, -0.1) is 0 Å². The topological polar surface area (TPSA) is 69.7 Å². The van der Waals surface area contributed by atoms with Gasteiger partial charge in [0.25, 0.3) is 10.0 Å². The molecule has 0 aliphatic carbocycles. The van der Waals surface area contributed by atoms with Crippen LogP contribution in [-0.4, -0.2) is 38.9 Å². The summed E-state index contributed by atoms with van der Waals surface area (Å²) < 4.78 is 28.0. The number of halogens is 3. The van der Waals surface area contributed by atoms with Crippen LogP contribution in [0.2, 0.25) is 15.1 Å². The average molecular weight is 579 g/mol. The van der Waals surface area contributed by atoms with Gasteiger partial charge in [-0.2, -0.15) is 0 Å². The summed E-state index contributed by atoms with van der Waals surface area (Å²) in [7, 11) is -3.74. The Morgan fingerprint density at radius 2 is 1.70 bits per heavy atom. The molecule has 5 rings (SSSR count). The largest absolute Gasteiger partial charge is 0.326 e. The van der Waals surface area contributed by atoms with Crippen LogP contribution in [-0.2, 0) is 27.8 Å². The monoisotopic (exact) mass is 577 g/mol. The van der Waals surface area contributed by atoms with Crippen LogP contribution < -0.4 is 9.62 Å². The molecular weight excluding hydrogens is 553 g/mol. The van der Waals surface area contributed by atoms with Crippen molar-refractivity contribution in [3.05, 3.63) is 86.9 Å². The lowest BCUT2D eigenvalue weighted by molar-refractivity contribution is -0.121. The number of fused-ring (bicyclic) bond motifs is 1. The zero-order chi connectivity index (χ0) is 26.2. The van der Waals surface area contributed by atoms with Crippen molar-refractivity contribution in [2.45, 2.75) is 30.7 Å². The zero-order valence-corrected chi connectivity index (χ0v) is 23.0. The van der Waals surface area contributed by atoms with E-state index < -0.39 is 10.0 Å². The summed E-state index contributed by atoms with van der Waals surface area (Å²) in [4.78, 5) is 15.6. The molecule has 0 unspecified atom stereocenters. The Morgan fingerprint density at radius 1 is 0.973 bits per heavy atom. The molecular formula is C27H26Cl3N3O3S. The Labute approximate surface area is 232 Å². The summed E-state index contributed by atoms with van der Waals surface area (Å²) >= 11 is 18.6. The quantitative estimate of drug-likeness (QED) is 0.375. The molecule has 3 aromatic rings. The highest BCUT2D eigenvalue weighted by molar-refractivity contribution is 7.92. The number of nitrogens with zero attached hydrogens (tertiary/aromatic N) is 2. The predicted octanol–water partition coefficient (Wildman–Crippen LogP) is 6.25. The highest BCUT2D eigenvalue weighted by Gasteiger charge is 2.32. The molecule has 10 heteroatoms. The number of hydrogen-bond acceptors (Lipinski definition) is 4. The van der Waals surface area contributed by atoms with Gasteiger partial charge >= 0.3 is 0 Å². The second-order valence-electron chi connectivity index (χ2n) is 9.39. The average Bonchev–Trinajstić information content (AvgIpc) is 3.31. The number of nitrogens with one attached hydrogen (secondary N) is 1. The summed E-state index contributed by atoms with van der Waals surface area (Å²) in [5.41, 5.74) is 2.96. The van der Waals surface area contributed by atoms with E-state index in [4.69, 9.17) is 34.8 Å². The predicted molar refractivity (Wildman–Crippen MR) is 149 cm³/mol.